The van der Waals surface area contributed by atoms with E-state index in [1.54, 1.807) is 18.2 Å². The first-order valence-electron chi connectivity index (χ1n) is 8.02. The van der Waals surface area contributed by atoms with E-state index in [-0.39, 0.29) is 11.4 Å². The number of para-hydroxylation sites is 1. The Hall–Kier alpha value is -4.07. The Bertz CT molecular complexity index is 1170. The molecule has 132 valence electrons. The molecule has 3 aromatic carbocycles. The number of aromatic nitrogens is 2. The van der Waals surface area contributed by atoms with Crippen molar-refractivity contribution in [3.05, 3.63) is 93.0 Å². The minimum atomic E-state index is -0.465. The topological polar surface area (TPSA) is 104 Å². The molecule has 0 aliphatic rings. The number of imidazole rings is 1. The van der Waals surface area contributed by atoms with E-state index in [1.165, 1.54) is 24.3 Å². The van der Waals surface area contributed by atoms with Gasteiger partial charge in [0.05, 0.1) is 20.9 Å². The molecule has 4 aromatic rings. The fourth-order valence-electron chi connectivity index (χ4n) is 2.94. The average Bonchev–Trinajstić information content (AvgIpc) is 3.07. The molecule has 0 unspecified atom stereocenters. The molecular formula is C19H12N4O4. The Labute approximate surface area is 152 Å². The summed E-state index contributed by atoms with van der Waals surface area (Å²) in [5.74, 6) is 0.548. The van der Waals surface area contributed by atoms with Gasteiger partial charge in [-0.1, -0.05) is 18.2 Å². The minimum Gasteiger partial charge on any atom is -0.292 e. The van der Waals surface area contributed by atoms with Gasteiger partial charge in [-0.3, -0.25) is 24.8 Å². The molecule has 0 fully saturated rings. The summed E-state index contributed by atoms with van der Waals surface area (Å²) in [7, 11) is 0. The second kappa shape index (κ2) is 6.34. The molecule has 8 nitrogen and oxygen atoms in total. The monoisotopic (exact) mass is 360 g/mol. The van der Waals surface area contributed by atoms with E-state index >= 15 is 0 Å². The fourth-order valence-corrected chi connectivity index (χ4v) is 2.94. The molecule has 27 heavy (non-hydrogen) atoms. The largest absolute Gasteiger partial charge is 0.292 e. The number of non-ortho nitro benzene ring substituents is 2. The number of hydrogen-bond donors (Lipinski definition) is 0. The van der Waals surface area contributed by atoms with Crippen LogP contribution >= 0.6 is 0 Å². The molecule has 1 aromatic heterocycles. The molecule has 0 amide bonds. The molecule has 0 aliphatic carbocycles. The van der Waals surface area contributed by atoms with Crippen molar-refractivity contribution >= 4 is 22.4 Å². The second-order valence-electron chi connectivity index (χ2n) is 5.84. The highest BCUT2D eigenvalue weighted by atomic mass is 16.6. The zero-order valence-electron chi connectivity index (χ0n) is 13.9. The van der Waals surface area contributed by atoms with Gasteiger partial charge in [0, 0.05) is 35.5 Å². The van der Waals surface area contributed by atoms with Crippen LogP contribution in [0.2, 0.25) is 0 Å². The van der Waals surface area contributed by atoms with Crippen molar-refractivity contribution in [3.63, 3.8) is 0 Å². The van der Waals surface area contributed by atoms with Crippen LogP contribution in [0, 0.1) is 20.2 Å². The molecule has 0 aliphatic heterocycles. The minimum absolute atomic E-state index is 0.0169. The first-order valence-corrected chi connectivity index (χ1v) is 8.02. The van der Waals surface area contributed by atoms with Crippen LogP contribution < -0.4 is 0 Å². The van der Waals surface area contributed by atoms with Crippen molar-refractivity contribution in [2.45, 2.75) is 0 Å². The van der Waals surface area contributed by atoms with Crippen LogP contribution in [0.25, 0.3) is 28.1 Å². The van der Waals surface area contributed by atoms with Gasteiger partial charge < -0.3 is 0 Å². The van der Waals surface area contributed by atoms with E-state index in [0.717, 1.165) is 5.69 Å². The Morgan fingerprint density at radius 1 is 0.778 bits per heavy atom. The van der Waals surface area contributed by atoms with Gasteiger partial charge in [-0.2, -0.15) is 0 Å². The lowest BCUT2D eigenvalue weighted by Gasteiger charge is -2.09. The number of benzene rings is 3. The Kier molecular flexibility index (Phi) is 3.85. The number of nitro groups is 2. The van der Waals surface area contributed by atoms with Gasteiger partial charge in [0.1, 0.15) is 5.82 Å². The third kappa shape index (κ3) is 2.89. The van der Waals surface area contributed by atoms with Crippen molar-refractivity contribution < 1.29 is 9.85 Å². The summed E-state index contributed by atoms with van der Waals surface area (Å²) in [6, 6.07) is 19.9. The van der Waals surface area contributed by atoms with Crippen molar-refractivity contribution in [2.24, 2.45) is 0 Å². The van der Waals surface area contributed by atoms with Crippen molar-refractivity contribution in [1.29, 1.82) is 0 Å². The molecule has 0 radical (unpaired) electrons. The molecule has 4 rings (SSSR count). The summed E-state index contributed by atoms with van der Waals surface area (Å²) < 4.78 is 1.81. The lowest BCUT2D eigenvalue weighted by atomic mass is 10.2. The second-order valence-corrected chi connectivity index (χ2v) is 5.84. The highest BCUT2D eigenvalue weighted by molar-refractivity contribution is 5.85. The van der Waals surface area contributed by atoms with E-state index in [4.69, 9.17) is 0 Å². The van der Waals surface area contributed by atoms with Crippen molar-refractivity contribution in [2.75, 3.05) is 0 Å². The van der Waals surface area contributed by atoms with E-state index in [2.05, 4.69) is 4.98 Å². The van der Waals surface area contributed by atoms with Crippen LogP contribution in [0.3, 0.4) is 0 Å². The summed E-state index contributed by atoms with van der Waals surface area (Å²) in [4.78, 5) is 25.8. The number of fused-ring (bicyclic) bond motifs is 1. The standard InChI is InChI=1S/C19H12N4O4/c24-22(25)15-8-6-13(7-9-15)19-20-17-11-10-16(23(26)27)12-18(17)21(19)14-4-2-1-3-5-14/h1-12H. The van der Waals surface area contributed by atoms with Crippen LogP contribution in [0.5, 0.6) is 0 Å². The van der Waals surface area contributed by atoms with E-state index in [0.29, 0.717) is 22.4 Å². The number of nitrogens with zero attached hydrogens (tertiary/aromatic N) is 4. The Balaban J connectivity index is 1.99. The Morgan fingerprint density at radius 2 is 1.41 bits per heavy atom. The molecule has 1 heterocycles. The van der Waals surface area contributed by atoms with Crippen molar-refractivity contribution in [3.8, 4) is 17.1 Å². The van der Waals surface area contributed by atoms with E-state index in [9.17, 15) is 20.2 Å². The van der Waals surface area contributed by atoms with Gasteiger partial charge in [0.15, 0.2) is 0 Å². The highest BCUT2D eigenvalue weighted by Crippen LogP contribution is 2.31. The molecule has 0 N–H and O–H groups in total. The van der Waals surface area contributed by atoms with Crippen molar-refractivity contribution in [1.82, 2.24) is 9.55 Å². The maximum absolute atomic E-state index is 11.2. The lowest BCUT2D eigenvalue weighted by Crippen LogP contribution is -1.98. The molecule has 0 spiro atoms. The fraction of sp³-hybridized carbons (Fsp3) is 0. The third-order valence-corrected chi connectivity index (χ3v) is 4.20. The molecule has 0 saturated heterocycles. The number of nitro benzene ring substituents is 2. The third-order valence-electron chi connectivity index (χ3n) is 4.20. The van der Waals surface area contributed by atoms with Gasteiger partial charge in [0.2, 0.25) is 0 Å². The quantitative estimate of drug-likeness (QED) is 0.393. The SMILES string of the molecule is O=[N+]([O-])c1ccc(-c2nc3ccc([N+](=O)[O-])cc3n2-c2ccccc2)cc1. The predicted octanol–water partition coefficient (Wildman–Crippen LogP) is 4.51. The first-order chi connectivity index (χ1) is 13.0. The van der Waals surface area contributed by atoms with Gasteiger partial charge in [-0.25, -0.2) is 4.98 Å². The summed E-state index contributed by atoms with van der Waals surface area (Å²) in [6.07, 6.45) is 0. The van der Waals surface area contributed by atoms with Gasteiger partial charge in [-0.05, 0) is 30.3 Å². The van der Waals surface area contributed by atoms with Crippen LogP contribution in [0.4, 0.5) is 11.4 Å². The average molecular weight is 360 g/mol. The van der Waals surface area contributed by atoms with Gasteiger partial charge in [0.25, 0.3) is 11.4 Å². The molecule has 0 atom stereocenters. The molecular weight excluding hydrogens is 348 g/mol. The number of hydrogen-bond acceptors (Lipinski definition) is 5. The van der Waals surface area contributed by atoms with Crippen LogP contribution in [0.1, 0.15) is 0 Å². The first kappa shape index (κ1) is 16.4. The number of rotatable bonds is 4. The molecule has 8 heteroatoms. The summed E-state index contributed by atoms with van der Waals surface area (Å²) in [5.41, 5.74) is 2.59. The normalized spacial score (nSPS) is 10.8. The zero-order valence-corrected chi connectivity index (χ0v) is 13.9. The van der Waals surface area contributed by atoms with E-state index < -0.39 is 9.85 Å². The van der Waals surface area contributed by atoms with Crippen LogP contribution in [-0.4, -0.2) is 19.4 Å². The Morgan fingerprint density at radius 3 is 2.04 bits per heavy atom. The smallest absolute Gasteiger partial charge is 0.271 e. The zero-order chi connectivity index (χ0) is 19.0. The highest BCUT2D eigenvalue weighted by Gasteiger charge is 2.18. The lowest BCUT2D eigenvalue weighted by molar-refractivity contribution is -0.385. The van der Waals surface area contributed by atoms with E-state index in [1.807, 2.05) is 34.9 Å². The van der Waals surface area contributed by atoms with Crippen LogP contribution in [0.15, 0.2) is 72.8 Å². The van der Waals surface area contributed by atoms with Gasteiger partial charge >= 0.3 is 0 Å². The maximum Gasteiger partial charge on any atom is 0.271 e. The molecule has 0 bridgehead atoms. The summed E-state index contributed by atoms with van der Waals surface area (Å²) in [5, 5.41) is 22.1. The molecule has 0 saturated carbocycles. The predicted molar refractivity (Wildman–Crippen MR) is 99.8 cm³/mol. The van der Waals surface area contributed by atoms with Crippen LogP contribution in [-0.2, 0) is 0 Å². The summed E-state index contributed by atoms with van der Waals surface area (Å²) >= 11 is 0. The van der Waals surface area contributed by atoms with Gasteiger partial charge in [-0.15, -0.1) is 0 Å². The maximum atomic E-state index is 11.2. The summed E-state index contributed by atoms with van der Waals surface area (Å²) in [6.45, 7) is 0.